The lowest BCUT2D eigenvalue weighted by Crippen LogP contribution is -2.31. The minimum Gasteiger partial charge on any atom is -0.332 e. The van der Waals surface area contributed by atoms with E-state index < -0.39 is 0 Å². The third-order valence-corrected chi connectivity index (χ3v) is 6.68. The molecule has 3 heterocycles. The van der Waals surface area contributed by atoms with E-state index in [4.69, 9.17) is 0 Å². The molecule has 0 saturated carbocycles. The van der Waals surface area contributed by atoms with E-state index in [9.17, 15) is 9.59 Å². The van der Waals surface area contributed by atoms with Crippen molar-refractivity contribution in [1.29, 1.82) is 0 Å². The van der Waals surface area contributed by atoms with Crippen molar-refractivity contribution in [2.45, 2.75) is 32.4 Å². The summed E-state index contributed by atoms with van der Waals surface area (Å²) in [5, 5.41) is 10.0. The highest BCUT2D eigenvalue weighted by atomic mass is 32.1. The fourth-order valence-corrected chi connectivity index (χ4v) is 4.82. The smallest absolute Gasteiger partial charge is 0.243 e. The van der Waals surface area contributed by atoms with E-state index in [0.717, 1.165) is 27.5 Å². The second-order valence-electron chi connectivity index (χ2n) is 7.09. The fourth-order valence-electron chi connectivity index (χ4n) is 3.39. The first kappa shape index (κ1) is 20.5. The van der Waals surface area contributed by atoms with Crippen LogP contribution in [0.1, 0.15) is 34.6 Å². The molecule has 0 fully saturated rings. The molecule has 1 aromatic carbocycles. The Bertz CT molecular complexity index is 962. The van der Waals surface area contributed by atoms with E-state index in [-0.39, 0.29) is 24.7 Å². The zero-order valence-corrected chi connectivity index (χ0v) is 18.2. The lowest BCUT2D eigenvalue weighted by Gasteiger charge is -2.22. The Hall–Kier alpha value is -2.77. The first-order valence-corrected chi connectivity index (χ1v) is 11.7. The number of hydrazone groups is 1. The Morgan fingerprint density at radius 1 is 0.900 bits per heavy atom. The highest BCUT2D eigenvalue weighted by Gasteiger charge is 2.23. The number of nitrogens with zero attached hydrogens (tertiary/aromatic N) is 3. The molecular weight excluding hydrogens is 414 g/mol. The van der Waals surface area contributed by atoms with Gasteiger partial charge in [-0.05, 0) is 28.5 Å². The Balaban J connectivity index is 1.35. The summed E-state index contributed by atoms with van der Waals surface area (Å²) < 4.78 is 0. The molecule has 2 aromatic heterocycles. The predicted octanol–water partition coefficient (Wildman–Crippen LogP) is 4.76. The van der Waals surface area contributed by atoms with Crippen LogP contribution in [0.4, 0.5) is 0 Å². The lowest BCUT2D eigenvalue weighted by molar-refractivity contribution is -0.137. The molecule has 0 radical (unpaired) electrons. The maximum absolute atomic E-state index is 12.9. The van der Waals surface area contributed by atoms with Gasteiger partial charge in [0.1, 0.15) is 0 Å². The number of carbonyl (C=O) groups is 2. The van der Waals surface area contributed by atoms with Crippen molar-refractivity contribution < 1.29 is 9.59 Å². The molecule has 3 aromatic rings. The van der Waals surface area contributed by atoms with Gasteiger partial charge in [-0.1, -0.05) is 42.5 Å². The van der Waals surface area contributed by atoms with Gasteiger partial charge in [-0.3, -0.25) is 9.59 Å². The fraction of sp³-hybridized carbons (Fsp3) is 0.261. The van der Waals surface area contributed by atoms with Gasteiger partial charge in [-0.25, -0.2) is 5.01 Å². The minimum absolute atomic E-state index is 0.00314. The van der Waals surface area contributed by atoms with Gasteiger partial charge in [-0.2, -0.15) is 5.10 Å². The average Bonchev–Trinajstić information content (AvgIpc) is 3.55. The highest BCUT2D eigenvalue weighted by molar-refractivity contribution is 7.10. The van der Waals surface area contributed by atoms with Gasteiger partial charge in [0.05, 0.1) is 25.3 Å². The Morgan fingerprint density at radius 2 is 1.57 bits per heavy atom. The molecule has 1 aliphatic rings. The Labute approximate surface area is 184 Å². The summed E-state index contributed by atoms with van der Waals surface area (Å²) >= 11 is 3.28. The quantitative estimate of drug-likeness (QED) is 0.510. The van der Waals surface area contributed by atoms with Crippen LogP contribution < -0.4 is 0 Å². The molecule has 30 heavy (non-hydrogen) atoms. The molecule has 0 atom stereocenters. The van der Waals surface area contributed by atoms with Crippen molar-refractivity contribution in [2.24, 2.45) is 5.10 Å². The number of thiophene rings is 2. The standard InChI is InChI=1S/C23H23N3O2S2/c27-22(25(16-19-8-4-14-29-19)17-20-9-5-15-30-20)10-11-23(28)26-13-12-21(24-26)18-6-2-1-3-7-18/h1-9,14-15H,10-13,16-17H2. The Morgan fingerprint density at radius 3 is 2.17 bits per heavy atom. The van der Waals surface area contributed by atoms with Gasteiger partial charge >= 0.3 is 0 Å². The second-order valence-corrected chi connectivity index (χ2v) is 9.15. The summed E-state index contributed by atoms with van der Waals surface area (Å²) in [4.78, 5) is 29.7. The van der Waals surface area contributed by atoms with E-state index in [1.807, 2.05) is 70.3 Å². The van der Waals surface area contributed by atoms with Crippen LogP contribution >= 0.6 is 22.7 Å². The minimum atomic E-state index is -0.0959. The summed E-state index contributed by atoms with van der Waals surface area (Å²) in [6.45, 7) is 1.72. The van der Waals surface area contributed by atoms with Gasteiger partial charge in [0.25, 0.3) is 0 Å². The number of carbonyl (C=O) groups excluding carboxylic acids is 2. The van der Waals surface area contributed by atoms with Crippen LogP contribution in [0.3, 0.4) is 0 Å². The first-order chi connectivity index (χ1) is 14.7. The molecule has 0 aliphatic carbocycles. The van der Waals surface area contributed by atoms with Gasteiger partial charge in [0.15, 0.2) is 0 Å². The van der Waals surface area contributed by atoms with Gasteiger partial charge in [0, 0.05) is 29.0 Å². The zero-order valence-electron chi connectivity index (χ0n) is 16.6. The molecule has 0 unspecified atom stereocenters. The van der Waals surface area contributed by atoms with E-state index >= 15 is 0 Å². The molecule has 0 spiro atoms. The van der Waals surface area contributed by atoms with Crippen molar-refractivity contribution in [3.8, 4) is 0 Å². The molecular formula is C23H23N3O2S2. The molecule has 0 saturated heterocycles. The van der Waals surface area contributed by atoms with Crippen LogP contribution in [0.15, 0.2) is 70.5 Å². The maximum Gasteiger partial charge on any atom is 0.243 e. The van der Waals surface area contributed by atoms with Crippen molar-refractivity contribution in [3.63, 3.8) is 0 Å². The molecule has 4 rings (SSSR count). The summed E-state index contributed by atoms with van der Waals surface area (Å²) in [6, 6.07) is 18.0. The molecule has 5 nitrogen and oxygen atoms in total. The number of amides is 2. The summed E-state index contributed by atoms with van der Waals surface area (Å²) in [5.41, 5.74) is 1.97. The molecule has 0 N–H and O–H groups in total. The van der Waals surface area contributed by atoms with Crippen molar-refractivity contribution >= 4 is 40.2 Å². The SMILES string of the molecule is O=C(CCC(=O)N1CCC(c2ccccc2)=N1)N(Cc1cccs1)Cc1cccs1. The van der Waals surface area contributed by atoms with Crippen LogP contribution in [0, 0.1) is 0 Å². The zero-order chi connectivity index (χ0) is 20.8. The van der Waals surface area contributed by atoms with E-state index in [2.05, 4.69) is 5.10 Å². The molecule has 1 aliphatic heterocycles. The maximum atomic E-state index is 12.9. The number of benzene rings is 1. The van der Waals surface area contributed by atoms with Gasteiger partial charge < -0.3 is 4.90 Å². The number of hydrogen-bond acceptors (Lipinski definition) is 5. The Kier molecular flexibility index (Phi) is 6.71. The normalized spacial score (nSPS) is 13.3. The first-order valence-electron chi connectivity index (χ1n) is 9.95. The number of rotatable bonds is 8. The van der Waals surface area contributed by atoms with Gasteiger partial charge in [-0.15, -0.1) is 22.7 Å². The molecule has 7 heteroatoms. The van der Waals surface area contributed by atoms with Crippen LogP contribution in [-0.2, 0) is 22.7 Å². The van der Waals surface area contributed by atoms with Crippen molar-refractivity contribution in [3.05, 3.63) is 80.7 Å². The third kappa shape index (κ3) is 5.23. The number of hydrogen-bond donors (Lipinski definition) is 0. The topological polar surface area (TPSA) is 53.0 Å². The van der Waals surface area contributed by atoms with Crippen molar-refractivity contribution in [2.75, 3.05) is 6.54 Å². The molecule has 154 valence electrons. The van der Waals surface area contributed by atoms with Crippen LogP contribution in [0.5, 0.6) is 0 Å². The molecule has 0 bridgehead atoms. The predicted molar refractivity (Wildman–Crippen MR) is 121 cm³/mol. The van der Waals surface area contributed by atoms with Crippen LogP contribution in [0.25, 0.3) is 0 Å². The second kappa shape index (κ2) is 9.82. The molecule has 2 amide bonds. The largest absolute Gasteiger partial charge is 0.332 e. The van der Waals surface area contributed by atoms with E-state index in [0.29, 0.717) is 19.6 Å². The monoisotopic (exact) mass is 437 g/mol. The van der Waals surface area contributed by atoms with Crippen molar-refractivity contribution in [1.82, 2.24) is 9.91 Å². The average molecular weight is 438 g/mol. The van der Waals surface area contributed by atoms with E-state index in [1.165, 1.54) is 5.01 Å². The van der Waals surface area contributed by atoms with Gasteiger partial charge in [0.2, 0.25) is 11.8 Å². The summed E-state index contributed by atoms with van der Waals surface area (Å²) in [5.74, 6) is -0.0990. The van der Waals surface area contributed by atoms with Crippen LogP contribution in [-0.4, -0.2) is 34.0 Å². The third-order valence-electron chi connectivity index (χ3n) is 4.96. The lowest BCUT2D eigenvalue weighted by atomic mass is 10.1. The van der Waals surface area contributed by atoms with Crippen LogP contribution in [0.2, 0.25) is 0 Å². The summed E-state index contributed by atoms with van der Waals surface area (Å²) in [6.07, 6.45) is 1.12. The van der Waals surface area contributed by atoms with E-state index in [1.54, 1.807) is 22.7 Å². The summed E-state index contributed by atoms with van der Waals surface area (Å²) in [7, 11) is 0. The highest BCUT2D eigenvalue weighted by Crippen LogP contribution is 2.19.